The molecule has 5 heteroatoms. The molecule has 0 saturated carbocycles. The van der Waals surface area contributed by atoms with E-state index < -0.39 is 5.97 Å². The topological polar surface area (TPSA) is 67.3 Å². The van der Waals surface area contributed by atoms with Crippen LogP contribution in [0.25, 0.3) is 10.6 Å². The average molecular weight is 303 g/mol. The van der Waals surface area contributed by atoms with E-state index in [1.54, 1.807) is 0 Å². The number of thiazole rings is 1. The van der Waals surface area contributed by atoms with Gasteiger partial charge in [0, 0.05) is 23.8 Å². The Balaban J connectivity index is 2.00. The van der Waals surface area contributed by atoms with E-state index >= 15 is 0 Å². The van der Waals surface area contributed by atoms with Gasteiger partial charge in [0.1, 0.15) is 10.8 Å². The summed E-state index contributed by atoms with van der Waals surface area (Å²) in [6.07, 6.45) is 1.15. The molecule has 0 bridgehead atoms. The Bertz CT molecular complexity index is 631. The maximum absolute atomic E-state index is 11.6. The van der Waals surface area contributed by atoms with Gasteiger partial charge in [-0.05, 0) is 12.0 Å². The second kappa shape index (κ2) is 7.13. The van der Waals surface area contributed by atoms with Gasteiger partial charge in [0.15, 0.2) is 0 Å². The third kappa shape index (κ3) is 4.49. The van der Waals surface area contributed by atoms with Crippen molar-refractivity contribution in [2.45, 2.75) is 32.6 Å². The molecule has 1 aromatic carbocycles. The van der Waals surface area contributed by atoms with Crippen molar-refractivity contribution in [2.75, 3.05) is 0 Å². The third-order valence-corrected chi connectivity index (χ3v) is 4.10. The van der Waals surface area contributed by atoms with E-state index in [1.807, 2.05) is 17.5 Å². The first-order valence-electron chi connectivity index (χ1n) is 6.85. The fraction of sp³-hybridized carbons (Fsp3) is 0.312. The largest absolute Gasteiger partial charge is 0.481 e. The highest BCUT2D eigenvalue weighted by Crippen LogP contribution is 2.24. The van der Waals surface area contributed by atoms with E-state index in [-0.39, 0.29) is 25.0 Å². The summed E-state index contributed by atoms with van der Waals surface area (Å²) >= 11 is 1.50. The molecule has 1 N–H and O–H groups in total. The maximum Gasteiger partial charge on any atom is 0.303 e. The number of aromatic nitrogens is 1. The molecule has 0 saturated heterocycles. The van der Waals surface area contributed by atoms with E-state index in [0.29, 0.717) is 5.69 Å². The SMILES string of the molecule is CCc1ccc(-c2nc(CC(=O)CCC(=O)O)cs2)cc1. The van der Waals surface area contributed by atoms with Crippen molar-refractivity contribution in [1.82, 2.24) is 4.98 Å². The maximum atomic E-state index is 11.6. The second-order valence-corrected chi connectivity index (χ2v) is 5.66. The summed E-state index contributed by atoms with van der Waals surface area (Å²) in [7, 11) is 0. The van der Waals surface area contributed by atoms with Gasteiger partial charge in [0.2, 0.25) is 0 Å². The lowest BCUT2D eigenvalue weighted by Gasteiger charge is -1.99. The Hall–Kier alpha value is -2.01. The Morgan fingerprint density at radius 3 is 2.52 bits per heavy atom. The van der Waals surface area contributed by atoms with Crippen molar-refractivity contribution in [3.63, 3.8) is 0 Å². The number of nitrogens with zero attached hydrogens (tertiary/aromatic N) is 1. The molecule has 0 radical (unpaired) electrons. The molecular formula is C16H17NO3S. The van der Waals surface area contributed by atoms with E-state index in [0.717, 1.165) is 17.0 Å². The molecule has 0 spiro atoms. The first-order valence-corrected chi connectivity index (χ1v) is 7.73. The number of rotatable bonds is 7. The van der Waals surface area contributed by atoms with Gasteiger partial charge in [-0.3, -0.25) is 9.59 Å². The molecule has 0 fully saturated rings. The molecule has 110 valence electrons. The number of carboxylic acid groups (broad SMARTS) is 1. The zero-order chi connectivity index (χ0) is 15.2. The quantitative estimate of drug-likeness (QED) is 0.851. The monoisotopic (exact) mass is 303 g/mol. The van der Waals surface area contributed by atoms with Crippen molar-refractivity contribution >= 4 is 23.1 Å². The van der Waals surface area contributed by atoms with Crippen LogP contribution < -0.4 is 0 Å². The van der Waals surface area contributed by atoms with Gasteiger partial charge in [0.05, 0.1) is 12.1 Å². The molecule has 0 atom stereocenters. The smallest absolute Gasteiger partial charge is 0.303 e. The van der Waals surface area contributed by atoms with Crippen LogP contribution in [-0.2, 0) is 22.4 Å². The highest BCUT2D eigenvalue weighted by Gasteiger charge is 2.10. The predicted octanol–water partition coefficient (Wildman–Crippen LogP) is 3.35. The van der Waals surface area contributed by atoms with Crippen LogP contribution in [0.1, 0.15) is 31.0 Å². The highest BCUT2D eigenvalue weighted by molar-refractivity contribution is 7.13. The number of benzene rings is 1. The molecule has 2 aromatic rings. The molecule has 21 heavy (non-hydrogen) atoms. The van der Waals surface area contributed by atoms with E-state index in [9.17, 15) is 9.59 Å². The second-order valence-electron chi connectivity index (χ2n) is 4.80. The number of hydrogen-bond acceptors (Lipinski definition) is 4. The van der Waals surface area contributed by atoms with Gasteiger partial charge in [0.25, 0.3) is 0 Å². The molecule has 2 rings (SSSR count). The Morgan fingerprint density at radius 2 is 1.90 bits per heavy atom. The average Bonchev–Trinajstić information content (AvgIpc) is 2.93. The molecule has 1 heterocycles. The van der Waals surface area contributed by atoms with Crippen LogP contribution in [-0.4, -0.2) is 21.8 Å². The summed E-state index contributed by atoms with van der Waals surface area (Å²) in [5.74, 6) is -1.03. The highest BCUT2D eigenvalue weighted by atomic mass is 32.1. The lowest BCUT2D eigenvalue weighted by Crippen LogP contribution is -2.06. The summed E-state index contributed by atoms with van der Waals surface area (Å²) in [5, 5.41) is 11.3. The fourth-order valence-electron chi connectivity index (χ4n) is 1.94. The van der Waals surface area contributed by atoms with E-state index in [2.05, 4.69) is 24.0 Å². The standard InChI is InChI=1S/C16H17NO3S/c1-2-11-3-5-12(6-4-11)16-17-13(10-21-16)9-14(18)7-8-15(19)20/h3-6,10H,2,7-9H2,1H3,(H,19,20). The lowest BCUT2D eigenvalue weighted by molar-refractivity contribution is -0.138. The molecule has 0 amide bonds. The van der Waals surface area contributed by atoms with Crippen molar-refractivity contribution in [2.24, 2.45) is 0 Å². The molecule has 4 nitrogen and oxygen atoms in total. The minimum atomic E-state index is -0.946. The molecule has 0 aliphatic carbocycles. The first-order chi connectivity index (χ1) is 10.1. The van der Waals surface area contributed by atoms with Gasteiger partial charge in [-0.25, -0.2) is 4.98 Å². The number of hydrogen-bond donors (Lipinski definition) is 1. The van der Waals surface area contributed by atoms with Crippen LogP contribution in [0.4, 0.5) is 0 Å². The van der Waals surface area contributed by atoms with Crippen LogP contribution in [0.3, 0.4) is 0 Å². The lowest BCUT2D eigenvalue weighted by atomic mass is 10.1. The van der Waals surface area contributed by atoms with Crippen LogP contribution in [0.5, 0.6) is 0 Å². The van der Waals surface area contributed by atoms with Crippen LogP contribution in [0, 0.1) is 0 Å². The summed E-state index contributed by atoms with van der Waals surface area (Å²) in [6, 6.07) is 8.23. The Labute approximate surface area is 127 Å². The molecule has 0 unspecified atom stereocenters. The number of aliphatic carboxylic acids is 1. The Morgan fingerprint density at radius 1 is 1.19 bits per heavy atom. The van der Waals surface area contributed by atoms with Crippen LogP contribution in [0.2, 0.25) is 0 Å². The van der Waals surface area contributed by atoms with Gasteiger partial charge in [-0.2, -0.15) is 0 Å². The molecular weight excluding hydrogens is 286 g/mol. The van der Waals surface area contributed by atoms with Crippen LogP contribution in [0.15, 0.2) is 29.6 Å². The van der Waals surface area contributed by atoms with Crippen molar-refractivity contribution in [3.8, 4) is 10.6 Å². The van der Waals surface area contributed by atoms with Crippen molar-refractivity contribution in [3.05, 3.63) is 40.9 Å². The molecule has 0 aliphatic rings. The number of ketones is 1. The van der Waals surface area contributed by atoms with Crippen molar-refractivity contribution in [1.29, 1.82) is 0 Å². The summed E-state index contributed by atoms with van der Waals surface area (Å²) < 4.78 is 0. The fourth-order valence-corrected chi connectivity index (χ4v) is 2.77. The van der Waals surface area contributed by atoms with E-state index in [1.165, 1.54) is 16.9 Å². The zero-order valence-corrected chi connectivity index (χ0v) is 12.7. The number of Topliss-reactive ketones (excluding diaryl/α,β-unsaturated/α-hetero) is 1. The van der Waals surface area contributed by atoms with Gasteiger partial charge in [-0.1, -0.05) is 31.2 Å². The van der Waals surface area contributed by atoms with Crippen molar-refractivity contribution < 1.29 is 14.7 Å². The number of carbonyl (C=O) groups excluding carboxylic acids is 1. The van der Waals surface area contributed by atoms with E-state index in [4.69, 9.17) is 5.11 Å². The zero-order valence-electron chi connectivity index (χ0n) is 11.8. The van der Waals surface area contributed by atoms with Gasteiger partial charge >= 0.3 is 5.97 Å². The number of aryl methyl sites for hydroxylation is 1. The number of carbonyl (C=O) groups is 2. The van der Waals surface area contributed by atoms with Gasteiger partial charge in [-0.15, -0.1) is 11.3 Å². The Kier molecular flexibility index (Phi) is 5.22. The first kappa shape index (κ1) is 15.4. The minimum absolute atomic E-state index is 0.0629. The van der Waals surface area contributed by atoms with Gasteiger partial charge < -0.3 is 5.11 Å². The third-order valence-electron chi connectivity index (χ3n) is 3.16. The summed E-state index contributed by atoms with van der Waals surface area (Å²) in [4.78, 5) is 26.5. The molecule has 1 aromatic heterocycles. The minimum Gasteiger partial charge on any atom is -0.481 e. The normalized spacial score (nSPS) is 10.5. The van der Waals surface area contributed by atoms with Crippen LogP contribution >= 0.6 is 11.3 Å². The molecule has 0 aliphatic heterocycles. The number of carboxylic acids is 1. The predicted molar refractivity (Wildman–Crippen MR) is 82.5 cm³/mol. The summed E-state index contributed by atoms with van der Waals surface area (Å²) in [6.45, 7) is 2.11. The summed E-state index contributed by atoms with van der Waals surface area (Å²) in [5.41, 5.74) is 3.03.